The van der Waals surface area contributed by atoms with E-state index in [1.165, 1.54) is 22.9 Å². The summed E-state index contributed by atoms with van der Waals surface area (Å²) in [4.78, 5) is 37.9. The fraction of sp³-hybridized carbons (Fsp3) is 0.0417. The van der Waals surface area contributed by atoms with Crippen molar-refractivity contribution in [1.29, 1.82) is 0 Å². The van der Waals surface area contributed by atoms with Crippen molar-refractivity contribution < 1.29 is 18.8 Å². The van der Waals surface area contributed by atoms with E-state index in [1.807, 2.05) is 30.3 Å². The number of nitrogens with one attached hydrogen (secondary N) is 3. The van der Waals surface area contributed by atoms with Crippen LogP contribution in [0.15, 0.2) is 83.3 Å². The molecular weight excluding hydrogens is 491 g/mol. The molecule has 0 spiro atoms. The van der Waals surface area contributed by atoms with Crippen LogP contribution in [0, 0.1) is 5.82 Å². The van der Waals surface area contributed by atoms with Crippen LogP contribution in [0.3, 0.4) is 0 Å². The second-order valence-corrected chi connectivity index (χ2v) is 8.03. The molecule has 4 aromatic rings. The number of halogens is 2. The molecule has 1 aromatic heterocycles. The lowest BCUT2D eigenvalue weighted by Crippen LogP contribution is -2.39. The zero-order valence-corrected chi connectivity index (χ0v) is 18.7. The van der Waals surface area contributed by atoms with Gasteiger partial charge in [-0.25, -0.2) is 9.07 Å². The molecule has 0 unspecified atom stereocenters. The number of carbonyl (C=O) groups excluding carboxylic acids is 3. The number of amides is 3. The molecule has 0 bridgehead atoms. The quantitative estimate of drug-likeness (QED) is 0.353. The Kier molecular flexibility index (Phi) is 6.50. The topological polar surface area (TPSA) is 92.2 Å². The maximum atomic E-state index is 14.0. The molecule has 0 saturated carbocycles. The van der Waals surface area contributed by atoms with E-state index in [9.17, 15) is 18.8 Å². The molecule has 166 valence electrons. The lowest BCUT2D eigenvalue weighted by molar-refractivity contribution is -0.136. The number of hydrogen-bond donors (Lipinski definition) is 3. The maximum Gasteiger partial charge on any atom is 0.328 e. The van der Waals surface area contributed by atoms with Crippen LogP contribution in [0.5, 0.6) is 0 Å². The average molecular weight is 509 g/mol. The summed E-state index contributed by atoms with van der Waals surface area (Å²) in [6, 6.07) is 21.6. The van der Waals surface area contributed by atoms with Gasteiger partial charge in [0.1, 0.15) is 11.5 Å². The largest absolute Gasteiger partial charge is 0.344 e. The fourth-order valence-electron chi connectivity index (χ4n) is 3.23. The Morgan fingerprint density at radius 3 is 2.36 bits per heavy atom. The van der Waals surface area contributed by atoms with Crippen LogP contribution in [0.1, 0.15) is 16.1 Å². The van der Waals surface area contributed by atoms with Crippen molar-refractivity contribution in [2.75, 3.05) is 10.7 Å². The van der Waals surface area contributed by atoms with Crippen molar-refractivity contribution in [2.24, 2.45) is 0 Å². The number of benzene rings is 3. The molecule has 0 aliphatic rings. The summed E-state index contributed by atoms with van der Waals surface area (Å²) in [5.74, 6) is -3.07. The summed E-state index contributed by atoms with van der Waals surface area (Å²) in [6.07, 6.45) is 0. The van der Waals surface area contributed by atoms with Crippen LogP contribution in [0.2, 0.25) is 0 Å². The molecule has 1 heterocycles. The van der Waals surface area contributed by atoms with Gasteiger partial charge in [-0.1, -0.05) is 58.4 Å². The monoisotopic (exact) mass is 508 g/mol. The minimum absolute atomic E-state index is 0.00702. The van der Waals surface area contributed by atoms with Gasteiger partial charge in [-0.2, -0.15) is 0 Å². The summed E-state index contributed by atoms with van der Waals surface area (Å²) in [6.45, 7) is 0.174. The molecular formula is C24H18BrFN4O3. The molecule has 0 aliphatic heterocycles. The van der Waals surface area contributed by atoms with E-state index in [0.717, 1.165) is 10.0 Å². The maximum absolute atomic E-state index is 14.0. The lowest BCUT2D eigenvalue weighted by atomic mass is 10.2. The predicted octanol–water partition coefficient (Wildman–Crippen LogP) is 4.18. The fourth-order valence-corrected chi connectivity index (χ4v) is 3.61. The summed E-state index contributed by atoms with van der Waals surface area (Å²) in [5.41, 5.74) is 3.80. The minimum atomic E-state index is -0.953. The highest BCUT2D eigenvalue weighted by Gasteiger charge is 2.21. The Hall–Kier alpha value is -3.98. The molecule has 0 aliphatic carbocycles. The zero-order chi connectivity index (χ0) is 23.4. The molecule has 4 rings (SSSR count). The van der Waals surface area contributed by atoms with Crippen molar-refractivity contribution in [3.8, 4) is 0 Å². The van der Waals surface area contributed by atoms with E-state index in [2.05, 4.69) is 32.0 Å². The van der Waals surface area contributed by atoms with Gasteiger partial charge in [0.05, 0.1) is 11.2 Å². The minimum Gasteiger partial charge on any atom is -0.344 e. The number of rotatable bonds is 5. The van der Waals surface area contributed by atoms with Crippen molar-refractivity contribution in [2.45, 2.75) is 6.54 Å². The second kappa shape index (κ2) is 9.66. The van der Waals surface area contributed by atoms with E-state index in [4.69, 9.17) is 0 Å². The summed E-state index contributed by atoms with van der Waals surface area (Å²) < 4.78 is 16.0. The highest BCUT2D eigenvalue weighted by atomic mass is 79.9. The van der Waals surface area contributed by atoms with Gasteiger partial charge in [-0.05, 0) is 42.0 Å². The van der Waals surface area contributed by atoms with Gasteiger partial charge in [0.25, 0.3) is 5.91 Å². The van der Waals surface area contributed by atoms with Crippen molar-refractivity contribution in [1.82, 2.24) is 9.99 Å². The summed E-state index contributed by atoms with van der Waals surface area (Å²) >= 11 is 3.37. The average Bonchev–Trinajstić information content (AvgIpc) is 3.17. The number of fused-ring (bicyclic) bond motifs is 1. The van der Waals surface area contributed by atoms with Crippen LogP contribution in [-0.4, -0.2) is 22.4 Å². The third-order valence-electron chi connectivity index (χ3n) is 4.83. The number of para-hydroxylation sites is 1. The van der Waals surface area contributed by atoms with Crippen LogP contribution >= 0.6 is 15.9 Å². The Bertz CT molecular complexity index is 1350. The van der Waals surface area contributed by atoms with E-state index in [0.29, 0.717) is 10.9 Å². The van der Waals surface area contributed by atoms with Gasteiger partial charge in [0.15, 0.2) is 0 Å². The first-order valence-electron chi connectivity index (χ1n) is 9.92. The molecule has 3 aromatic carbocycles. The van der Waals surface area contributed by atoms with Crippen molar-refractivity contribution >= 4 is 50.2 Å². The normalized spacial score (nSPS) is 10.6. The van der Waals surface area contributed by atoms with Crippen LogP contribution in [0.4, 0.5) is 10.1 Å². The standard InChI is InChI=1S/C24H18BrFN4O3/c25-17-10-11-20-16(12-17)13-21(22(31)28-19-9-5-4-8-18(19)26)30(20)29-24(33)23(32)27-14-15-6-2-1-3-7-15/h1-13H,14H2,(H,27,32)(H,28,31)(H,29,33). The third kappa shape index (κ3) is 5.09. The molecule has 33 heavy (non-hydrogen) atoms. The molecule has 3 amide bonds. The smallest absolute Gasteiger partial charge is 0.328 e. The van der Waals surface area contributed by atoms with Crippen molar-refractivity contribution in [3.63, 3.8) is 0 Å². The lowest BCUT2D eigenvalue weighted by Gasteiger charge is -2.13. The van der Waals surface area contributed by atoms with Gasteiger partial charge in [-0.3, -0.25) is 19.8 Å². The van der Waals surface area contributed by atoms with Gasteiger partial charge < -0.3 is 10.6 Å². The first-order chi connectivity index (χ1) is 15.9. The number of hydrogen-bond acceptors (Lipinski definition) is 3. The van der Waals surface area contributed by atoms with Crippen molar-refractivity contribution in [3.05, 3.63) is 100 Å². The Labute approximate surface area is 196 Å². The number of carbonyl (C=O) groups is 3. The van der Waals surface area contributed by atoms with Gasteiger partial charge in [0, 0.05) is 16.4 Å². The first kappa shape index (κ1) is 22.2. The van der Waals surface area contributed by atoms with E-state index < -0.39 is 23.5 Å². The molecule has 0 saturated heterocycles. The predicted molar refractivity (Wildman–Crippen MR) is 127 cm³/mol. The van der Waals surface area contributed by atoms with E-state index in [-0.39, 0.29) is 17.9 Å². The Balaban J connectivity index is 1.59. The Morgan fingerprint density at radius 2 is 1.61 bits per heavy atom. The molecule has 9 heteroatoms. The van der Waals surface area contributed by atoms with Crippen LogP contribution in [0.25, 0.3) is 10.9 Å². The number of nitrogens with zero attached hydrogens (tertiary/aromatic N) is 1. The van der Waals surface area contributed by atoms with Gasteiger partial charge in [0.2, 0.25) is 0 Å². The number of aromatic nitrogens is 1. The van der Waals surface area contributed by atoms with Crippen LogP contribution < -0.4 is 16.1 Å². The molecule has 0 atom stereocenters. The number of anilines is 1. The summed E-state index contributed by atoms with van der Waals surface area (Å²) in [7, 11) is 0. The first-order valence-corrected chi connectivity index (χ1v) is 10.7. The molecule has 0 radical (unpaired) electrons. The van der Waals surface area contributed by atoms with E-state index in [1.54, 1.807) is 30.3 Å². The SMILES string of the molecule is O=C(NCc1ccccc1)C(=O)Nn1c(C(=O)Nc2ccccc2F)cc2cc(Br)ccc21. The molecule has 7 nitrogen and oxygen atoms in total. The van der Waals surface area contributed by atoms with E-state index >= 15 is 0 Å². The highest BCUT2D eigenvalue weighted by molar-refractivity contribution is 9.10. The zero-order valence-electron chi connectivity index (χ0n) is 17.1. The van der Waals surface area contributed by atoms with Gasteiger partial charge >= 0.3 is 11.8 Å². The molecule has 3 N–H and O–H groups in total. The molecule has 0 fully saturated rings. The Morgan fingerprint density at radius 1 is 0.879 bits per heavy atom. The third-order valence-corrected chi connectivity index (χ3v) is 5.33. The van der Waals surface area contributed by atoms with Gasteiger partial charge in [-0.15, -0.1) is 0 Å². The van der Waals surface area contributed by atoms with Crippen LogP contribution in [-0.2, 0) is 16.1 Å². The second-order valence-electron chi connectivity index (χ2n) is 7.11. The highest BCUT2D eigenvalue weighted by Crippen LogP contribution is 2.24. The summed E-state index contributed by atoms with van der Waals surface area (Å²) in [5, 5.41) is 5.67.